The predicted molar refractivity (Wildman–Crippen MR) is 80.8 cm³/mol. The molecule has 3 aromatic rings. The lowest BCUT2D eigenvalue weighted by molar-refractivity contribution is 0.963. The standard InChI is InChI=1S/C15H15N3S/c1-11-18-13(10-19-11)7-9-17-15-14-5-3-2-4-12(14)6-8-16-15/h2-6,8,10H,7,9H2,1H3,(H,16,17). The molecule has 0 bridgehead atoms. The van der Waals surface area contributed by atoms with Crippen LogP contribution in [0, 0.1) is 6.92 Å². The lowest BCUT2D eigenvalue weighted by atomic mass is 10.1. The first-order valence-electron chi connectivity index (χ1n) is 6.31. The van der Waals surface area contributed by atoms with E-state index in [1.807, 2.05) is 31.3 Å². The van der Waals surface area contributed by atoms with Crippen molar-refractivity contribution >= 4 is 27.9 Å². The number of thiazole rings is 1. The Kier molecular flexibility index (Phi) is 3.42. The summed E-state index contributed by atoms with van der Waals surface area (Å²) in [6, 6.07) is 10.3. The zero-order valence-electron chi connectivity index (χ0n) is 10.8. The van der Waals surface area contributed by atoms with Crippen molar-refractivity contribution in [2.75, 3.05) is 11.9 Å². The van der Waals surface area contributed by atoms with Crippen LogP contribution in [0.1, 0.15) is 10.7 Å². The molecule has 2 heterocycles. The first-order chi connectivity index (χ1) is 9.33. The number of hydrogen-bond acceptors (Lipinski definition) is 4. The topological polar surface area (TPSA) is 37.8 Å². The third-order valence-electron chi connectivity index (χ3n) is 3.01. The number of anilines is 1. The molecule has 1 N–H and O–H groups in total. The van der Waals surface area contributed by atoms with Crippen molar-refractivity contribution in [1.82, 2.24) is 9.97 Å². The van der Waals surface area contributed by atoms with Gasteiger partial charge >= 0.3 is 0 Å². The van der Waals surface area contributed by atoms with E-state index in [2.05, 4.69) is 32.8 Å². The highest BCUT2D eigenvalue weighted by Crippen LogP contribution is 2.20. The fraction of sp³-hybridized carbons (Fsp3) is 0.200. The summed E-state index contributed by atoms with van der Waals surface area (Å²) in [4.78, 5) is 8.88. The van der Waals surface area contributed by atoms with Gasteiger partial charge in [0.1, 0.15) is 5.82 Å². The number of pyridine rings is 1. The molecule has 2 aromatic heterocycles. The molecule has 0 spiro atoms. The van der Waals surface area contributed by atoms with Gasteiger partial charge in [-0.25, -0.2) is 9.97 Å². The molecule has 0 saturated carbocycles. The Labute approximate surface area is 116 Å². The second-order valence-electron chi connectivity index (χ2n) is 4.42. The fourth-order valence-electron chi connectivity index (χ4n) is 2.09. The normalized spacial score (nSPS) is 10.8. The van der Waals surface area contributed by atoms with Crippen molar-refractivity contribution in [2.45, 2.75) is 13.3 Å². The zero-order valence-corrected chi connectivity index (χ0v) is 11.6. The first kappa shape index (κ1) is 12.1. The Morgan fingerprint density at radius 3 is 2.95 bits per heavy atom. The molecule has 0 unspecified atom stereocenters. The van der Waals surface area contributed by atoms with Gasteiger partial charge in [0.2, 0.25) is 0 Å². The smallest absolute Gasteiger partial charge is 0.133 e. The minimum atomic E-state index is 0.851. The van der Waals surface area contributed by atoms with Gasteiger partial charge in [0.05, 0.1) is 10.7 Å². The van der Waals surface area contributed by atoms with Crippen molar-refractivity contribution in [1.29, 1.82) is 0 Å². The molecule has 0 fully saturated rings. The highest BCUT2D eigenvalue weighted by Gasteiger charge is 2.02. The van der Waals surface area contributed by atoms with Gasteiger partial charge in [-0.3, -0.25) is 0 Å². The monoisotopic (exact) mass is 269 g/mol. The van der Waals surface area contributed by atoms with Crippen LogP contribution in [0.3, 0.4) is 0 Å². The van der Waals surface area contributed by atoms with E-state index in [0.717, 1.165) is 29.5 Å². The van der Waals surface area contributed by atoms with E-state index in [-0.39, 0.29) is 0 Å². The minimum Gasteiger partial charge on any atom is -0.369 e. The van der Waals surface area contributed by atoms with Crippen LogP contribution < -0.4 is 5.32 Å². The number of nitrogens with zero attached hydrogens (tertiary/aromatic N) is 2. The minimum absolute atomic E-state index is 0.851. The summed E-state index contributed by atoms with van der Waals surface area (Å²) in [6.45, 7) is 2.89. The Balaban J connectivity index is 1.71. The van der Waals surface area contributed by atoms with Crippen LogP contribution >= 0.6 is 11.3 Å². The molecule has 0 aliphatic rings. The lowest BCUT2D eigenvalue weighted by Gasteiger charge is -2.07. The number of aryl methyl sites for hydroxylation is 1. The number of hydrogen-bond donors (Lipinski definition) is 1. The highest BCUT2D eigenvalue weighted by atomic mass is 32.1. The molecule has 0 amide bonds. The quantitative estimate of drug-likeness (QED) is 0.785. The molecule has 4 heteroatoms. The molecule has 0 radical (unpaired) electrons. The van der Waals surface area contributed by atoms with Crippen molar-refractivity contribution < 1.29 is 0 Å². The van der Waals surface area contributed by atoms with E-state index in [0.29, 0.717) is 0 Å². The van der Waals surface area contributed by atoms with Gasteiger partial charge in [-0.15, -0.1) is 11.3 Å². The summed E-state index contributed by atoms with van der Waals surface area (Å²) < 4.78 is 0. The van der Waals surface area contributed by atoms with Crippen LogP contribution in [0.5, 0.6) is 0 Å². The molecule has 3 rings (SSSR count). The molecule has 96 valence electrons. The summed E-state index contributed by atoms with van der Waals surface area (Å²) in [6.07, 6.45) is 2.77. The van der Waals surface area contributed by atoms with E-state index in [4.69, 9.17) is 0 Å². The van der Waals surface area contributed by atoms with E-state index >= 15 is 0 Å². The molecule has 0 atom stereocenters. The van der Waals surface area contributed by atoms with E-state index in [9.17, 15) is 0 Å². The molecule has 0 aliphatic heterocycles. The first-order valence-corrected chi connectivity index (χ1v) is 7.19. The number of aromatic nitrogens is 2. The van der Waals surface area contributed by atoms with E-state index in [1.54, 1.807) is 11.3 Å². The molecule has 1 aromatic carbocycles. The summed E-state index contributed by atoms with van der Waals surface area (Å²) in [5.74, 6) is 0.949. The zero-order chi connectivity index (χ0) is 13.1. The van der Waals surface area contributed by atoms with Crippen LogP contribution in [0.25, 0.3) is 10.8 Å². The number of fused-ring (bicyclic) bond motifs is 1. The van der Waals surface area contributed by atoms with Crippen LogP contribution in [0.15, 0.2) is 41.9 Å². The van der Waals surface area contributed by atoms with Gasteiger partial charge < -0.3 is 5.32 Å². The van der Waals surface area contributed by atoms with Crippen molar-refractivity contribution in [3.05, 3.63) is 52.6 Å². The number of nitrogens with one attached hydrogen (secondary N) is 1. The highest BCUT2D eigenvalue weighted by molar-refractivity contribution is 7.09. The van der Waals surface area contributed by atoms with Gasteiger partial charge in [0.15, 0.2) is 0 Å². The molecule has 19 heavy (non-hydrogen) atoms. The van der Waals surface area contributed by atoms with Crippen LogP contribution in [0.2, 0.25) is 0 Å². The summed E-state index contributed by atoms with van der Waals surface area (Å²) in [7, 11) is 0. The van der Waals surface area contributed by atoms with Crippen molar-refractivity contribution in [2.24, 2.45) is 0 Å². The van der Waals surface area contributed by atoms with E-state index < -0.39 is 0 Å². The van der Waals surface area contributed by atoms with Gasteiger partial charge in [0.25, 0.3) is 0 Å². The Morgan fingerprint density at radius 2 is 2.11 bits per heavy atom. The Hall–Kier alpha value is -1.94. The van der Waals surface area contributed by atoms with Gasteiger partial charge in [-0.1, -0.05) is 24.3 Å². The maximum atomic E-state index is 4.46. The molecular weight excluding hydrogens is 254 g/mol. The van der Waals surface area contributed by atoms with E-state index in [1.165, 1.54) is 10.8 Å². The van der Waals surface area contributed by atoms with Crippen LogP contribution in [-0.4, -0.2) is 16.5 Å². The van der Waals surface area contributed by atoms with Gasteiger partial charge in [-0.2, -0.15) is 0 Å². The lowest BCUT2D eigenvalue weighted by Crippen LogP contribution is -2.06. The van der Waals surface area contributed by atoms with Crippen LogP contribution in [0.4, 0.5) is 5.82 Å². The largest absolute Gasteiger partial charge is 0.369 e. The molecule has 3 nitrogen and oxygen atoms in total. The Bertz CT molecular complexity index is 685. The summed E-state index contributed by atoms with van der Waals surface area (Å²) in [5, 5.41) is 9.02. The third-order valence-corrected chi connectivity index (χ3v) is 3.84. The predicted octanol–water partition coefficient (Wildman–Crippen LogP) is 3.65. The van der Waals surface area contributed by atoms with Crippen molar-refractivity contribution in [3.63, 3.8) is 0 Å². The summed E-state index contributed by atoms with van der Waals surface area (Å²) in [5.41, 5.74) is 1.15. The second-order valence-corrected chi connectivity index (χ2v) is 5.48. The SMILES string of the molecule is Cc1nc(CCNc2nccc3ccccc23)cs1. The second kappa shape index (κ2) is 5.36. The fourth-order valence-corrected chi connectivity index (χ4v) is 2.74. The van der Waals surface area contributed by atoms with Gasteiger partial charge in [-0.05, 0) is 18.4 Å². The molecular formula is C15H15N3S. The average molecular weight is 269 g/mol. The summed E-state index contributed by atoms with van der Waals surface area (Å²) >= 11 is 1.70. The average Bonchev–Trinajstić information content (AvgIpc) is 2.85. The number of rotatable bonds is 4. The maximum absolute atomic E-state index is 4.46. The molecule has 0 aliphatic carbocycles. The Morgan fingerprint density at radius 1 is 1.21 bits per heavy atom. The van der Waals surface area contributed by atoms with Crippen LogP contribution in [-0.2, 0) is 6.42 Å². The maximum Gasteiger partial charge on any atom is 0.133 e. The van der Waals surface area contributed by atoms with Crippen molar-refractivity contribution in [3.8, 4) is 0 Å². The van der Waals surface area contributed by atoms with Gasteiger partial charge in [0, 0.05) is 29.9 Å². The molecule has 0 saturated heterocycles. The third kappa shape index (κ3) is 2.74. The number of benzene rings is 1.